The average molecular weight is 282 g/mol. The van der Waals surface area contributed by atoms with Gasteiger partial charge in [-0.05, 0) is 36.6 Å². The summed E-state index contributed by atoms with van der Waals surface area (Å²) in [6.45, 7) is 0.598. The molecule has 0 fully saturated rings. The summed E-state index contributed by atoms with van der Waals surface area (Å²) in [6.07, 6.45) is 5.35. The number of nitrogens with one attached hydrogen (secondary N) is 3. The van der Waals surface area contributed by atoms with Crippen LogP contribution in [0.3, 0.4) is 0 Å². The third-order valence-electron chi connectivity index (χ3n) is 3.57. The van der Waals surface area contributed by atoms with Crippen molar-refractivity contribution in [3.63, 3.8) is 0 Å². The van der Waals surface area contributed by atoms with Crippen molar-refractivity contribution in [3.05, 3.63) is 54.4 Å². The number of carbonyl (C=O) groups is 1. The van der Waals surface area contributed by atoms with Gasteiger partial charge >= 0.3 is 6.03 Å². The normalized spacial score (nSPS) is 16.5. The van der Waals surface area contributed by atoms with E-state index in [0.717, 1.165) is 12.8 Å². The van der Waals surface area contributed by atoms with Crippen molar-refractivity contribution >= 4 is 17.4 Å². The number of urea groups is 1. The van der Waals surface area contributed by atoms with Crippen LogP contribution < -0.4 is 16.0 Å². The van der Waals surface area contributed by atoms with E-state index < -0.39 is 0 Å². The summed E-state index contributed by atoms with van der Waals surface area (Å²) in [5.41, 5.74) is 3.20. The molecule has 2 heterocycles. The molecule has 0 bridgehead atoms. The van der Waals surface area contributed by atoms with E-state index in [9.17, 15) is 4.79 Å². The van der Waals surface area contributed by atoms with Crippen LogP contribution in [-0.4, -0.2) is 23.6 Å². The molecular weight excluding hydrogens is 264 g/mol. The Balaban J connectivity index is 1.49. The predicted molar refractivity (Wildman–Crippen MR) is 83.4 cm³/mol. The molecule has 0 radical (unpaired) electrons. The Labute approximate surface area is 123 Å². The Morgan fingerprint density at radius 3 is 3.05 bits per heavy atom. The number of hydrogen-bond acceptors (Lipinski definition) is 3. The summed E-state index contributed by atoms with van der Waals surface area (Å²) < 4.78 is 0. The van der Waals surface area contributed by atoms with Crippen LogP contribution in [-0.2, 0) is 6.42 Å². The maximum atomic E-state index is 11.8. The van der Waals surface area contributed by atoms with Crippen LogP contribution in [0.5, 0.6) is 0 Å². The second-order valence-corrected chi connectivity index (χ2v) is 5.11. The standard InChI is InChI=1S/C16H18N4O/c21-16(20-13-5-3-9-17-10-13)18-11-14-8-7-12-4-1-2-6-15(12)19-14/h1-6,9-10,14,19H,7-8,11H2,(H2,18,20,21)/t14-/m0/s1. The second-order valence-electron chi connectivity index (χ2n) is 5.11. The molecule has 21 heavy (non-hydrogen) atoms. The number of carbonyl (C=O) groups excluding carboxylic acids is 1. The number of amides is 2. The van der Waals surface area contributed by atoms with Gasteiger partial charge in [0.1, 0.15) is 0 Å². The molecule has 1 aromatic heterocycles. The Kier molecular flexibility index (Phi) is 4.00. The number of pyridine rings is 1. The lowest BCUT2D eigenvalue weighted by Gasteiger charge is -2.27. The number of benzene rings is 1. The van der Waals surface area contributed by atoms with Gasteiger partial charge < -0.3 is 16.0 Å². The molecule has 1 aromatic carbocycles. The lowest BCUT2D eigenvalue weighted by atomic mass is 9.98. The molecule has 2 amide bonds. The van der Waals surface area contributed by atoms with Gasteiger partial charge in [0.05, 0.1) is 11.9 Å². The van der Waals surface area contributed by atoms with E-state index in [-0.39, 0.29) is 12.1 Å². The first-order valence-electron chi connectivity index (χ1n) is 7.10. The van der Waals surface area contributed by atoms with E-state index in [1.807, 2.05) is 12.1 Å². The highest BCUT2D eigenvalue weighted by atomic mass is 16.2. The summed E-state index contributed by atoms with van der Waals surface area (Å²) in [5.74, 6) is 0. The van der Waals surface area contributed by atoms with Gasteiger partial charge in [-0.3, -0.25) is 4.98 Å². The van der Waals surface area contributed by atoms with Gasteiger partial charge in [0.25, 0.3) is 0 Å². The van der Waals surface area contributed by atoms with Crippen molar-refractivity contribution in [2.24, 2.45) is 0 Å². The Morgan fingerprint density at radius 1 is 1.29 bits per heavy atom. The fraction of sp³-hybridized carbons (Fsp3) is 0.250. The number of hydrogen-bond donors (Lipinski definition) is 3. The van der Waals surface area contributed by atoms with Crippen molar-refractivity contribution in [3.8, 4) is 0 Å². The number of nitrogens with zero attached hydrogens (tertiary/aromatic N) is 1. The third kappa shape index (κ3) is 3.51. The molecule has 0 aliphatic carbocycles. The summed E-state index contributed by atoms with van der Waals surface area (Å²) in [4.78, 5) is 15.8. The van der Waals surface area contributed by atoms with Gasteiger partial charge in [-0.2, -0.15) is 0 Å². The van der Waals surface area contributed by atoms with Gasteiger partial charge in [-0.25, -0.2) is 4.79 Å². The number of fused-ring (bicyclic) bond motifs is 1. The van der Waals surface area contributed by atoms with Gasteiger partial charge in [-0.15, -0.1) is 0 Å². The summed E-state index contributed by atoms with van der Waals surface area (Å²) >= 11 is 0. The highest BCUT2D eigenvalue weighted by Crippen LogP contribution is 2.23. The molecule has 2 aromatic rings. The molecule has 0 saturated heterocycles. The molecule has 0 spiro atoms. The number of anilines is 2. The molecular formula is C16H18N4O. The zero-order valence-electron chi connectivity index (χ0n) is 11.7. The van der Waals surface area contributed by atoms with Crippen LogP contribution in [0.4, 0.5) is 16.2 Å². The fourth-order valence-electron chi connectivity index (χ4n) is 2.48. The number of rotatable bonds is 3. The molecule has 1 aliphatic rings. The van der Waals surface area contributed by atoms with Crippen LogP contribution in [0.2, 0.25) is 0 Å². The van der Waals surface area contributed by atoms with Crippen LogP contribution >= 0.6 is 0 Å². The molecule has 5 heteroatoms. The average Bonchev–Trinajstić information content (AvgIpc) is 2.54. The molecule has 3 N–H and O–H groups in total. The SMILES string of the molecule is O=C(NC[C@@H]1CCc2ccccc2N1)Nc1cccnc1. The van der Waals surface area contributed by atoms with Crippen LogP contribution in [0.1, 0.15) is 12.0 Å². The van der Waals surface area contributed by atoms with E-state index >= 15 is 0 Å². The molecule has 3 rings (SSSR count). The van der Waals surface area contributed by atoms with Crippen LogP contribution in [0.15, 0.2) is 48.8 Å². The van der Waals surface area contributed by atoms with Crippen LogP contribution in [0, 0.1) is 0 Å². The van der Waals surface area contributed by atoms with E-state index in [1.165, 1.54) is 11.3 Å². The van der Waals surface area contributed by atoms with Crippen molar-refractivity contribution in [2.75, 3.05) is 17.2 Å². The lowest BCUT2D eigenvalue weighted by molar-refractivity contribution is 0.251. The first kappa shape index (κ1) is 13.4. The van der Waals surface area contributed by atoms with E-state index in [1.54, 1.807) is 18.5 Å². The highest BCUT2D eigenvalue weighted by Gasteiger charge is 2.17. The topological polar surface area (TPSA) is 66.1 Å². The molecule has 5 nitrogen and oxygen atoms in total. The maximum absolute atomic E-state index is 11.8. The monoisotopic (exact) mass is 282 g/mol. The van der Waals surface area contributed by atoms with Crippen molar-refractivity contribution < 1.29 is 4.79 Å². The number of aryl methyl sites for hydroxylation is 1. The molecule has 1 aliphatic heterocycles. The molecule has 0 saturated carbocycles. The highest BCUT2D eigenvalue weighted by molar-refractivity contribution is 5.89. The van der Waals surface area contributed by atoms with Crippen molar-refractivity contribution in [1.82, 2.24) is 10.3 Å². The summed E-state index contributed by atoms with van der Waals surface area (Å²) in [7, 11) is 0. The Morgan fingerprint density at radius 2 is 2.19 bits per heavy atom. The third-order valence-corrected chi connectivity index (χ3v) is 3.57. The lowest BCUT2D eigenvalue weighted by Crippen LogP contribution is -2.40. The molecule has 1 atom stereocenters. The Bertz CT molecular complexity index is 615. The fourth-order valence-corrected chi connectivity index (χ4v) is 2.48. The first-order valence-corrected chi connectivity index (χ1v) is 7.10. The van der Waals surface area contributed by atoms with Gasteiger partial charge in [0.2, 0.25) is 0 Å². The second kappa shape index (κ2) is 6.26. The minimum Gasteiger partial charge on any atom is -0.380 e. The number of para-hydroxylation sites is 1. The summed E-state index contributed by atoms with van der Waals surface area (Å²) in [6, 6.07) is 12.0. The zero-order valence-corrected chi connectivity index (χ0v) is 11.7. The van der Waals surface area contributed by atoms with Crippen molar-refractivity contribution in [1.29, 1.82) is 0 Å². The van der Waals surface area contributed by atoms with Crippen molar-refractivity contribution in [2.45, 2.75) is 18.9 Å². The van der Waals surface area contributed by atoms with E-state index in [4.69, 9.17) is 0 Å². The molecule has 0 unspecified atom stereocenters. The smallest absolute Gasteiger partial charge is 0.319 e. The largest absolute Gasteiger partial charge is 0.380 e. The van der Waals surface area contributed by atoms with E-state index in [0.29, 0.717) is 12.2 Å². The minimum atomic E-state index is -0.205. The molecule has 108 valence electrons. The zero-order chi connectivity index (χ0) is 14.5. The predicted octanol–water partition coefficient (Wildman–Crippen LogP) is 2.63. The Hall–Kier alpha value is -2.56. The van der Waals surface area contributed by atoms with Gasteiger partial charge in [0.15, 0.2) is 0 Å². The first-order chi connectivity index (χ1) is 10.3. The van der Waals surface area contributed by atoms with Gasteiger partial charge in [-0.1, -0.05) is 18.2 Å². The maximum Gasteiger partial charge on any atom is 0.319 e. The van der Waals surface area contributed by atoms with E-state index in [2.05, 4.69) is 39.1 Å². The van der Waals surface area contributed by atoms with Crippen LogP contribution in [0.25, 0.3) is 0 Å². The number of aromatic nitrogens is 1. The minimum absolute atomic E-state index is 0.205. The van der Waals surface area contributed by atoms with Gasteiger partial charge in [0, 0.05) is 24.5 Å². The quantitative estimate of drug-likeness (QED) is 0.810. The summed E-state index contributed by atoms with van der Waals surface area (Å²) in [5, 5.41) is 9.11.